The molecule has 0 aliphatic carbocycles. The Balaban J connectivity index is 2.22. The normalized spacial score (nSPS) is 11.8. The summed E-state index contributed by atoms with van der Waals surface area (Å²) in [4.78, 5) is 36.7. The first-order chi connectivity index (χ1) is 13.2. The predicted molar refractivity (Wildman–Crippen MR) is 109 cm³/mol. The lowest BCUT2D eigenvalue weighted by molar-refractivity contribution is -0.118. The third-order valence-corrected chi connectivity index (χ3v) is 4.46. The van der Waals surface area contributed by atoms with E-state index in [0.717, 1.165) is 11.1 Å². The van der Waals surface area contributed by atoms with Crippen LogP contribution in [0.3, 0.4) is 0 Å². The quantitative estimate of drug-likeness (QED) is 0.679. The van der Waals surface area contributed by atoms with E-state index in [1.165, 1.54) is 12.1 Å². The van der Waals surface area contributed by atoms with Crippen LogP contribution in [0.4, 0.5) is 5.69 Å². The Hall–Kier alpha value is -3.15. The van der Waals surface area contributed by atoms with E-state index in [0.29, 0.717) is 17.7 Å². The summed E-state index contributed by atoms with van der Waals surface area (Å²) in [6, 6.07) is 11.0. The first-order valence-corrected chi connectivity index (χ1v) is 9.20. The van der Waals surface area contributed by atoms with E-state index in [2.05, 4.69) is 10.6 Å². The second kappa shape index (κ2) is 9.17. The summed E-state index contributed by atoms with van der Waals surface area (Å²) in [5.41, 5.74) is 2.60. The van der Waals surface area contributed by atoms with Crippen molar-refractivity contribution in [3.8, 4) is 0 Å². The van der Waals surface area contributed by atoms with Crippen LogP contribution in [-0.4, -0.2) is 28.9 Å². The lowest BCUT2D eigenvalue weighted by Crippen LogP contribution is -2.44. The Morgan fingerprint density at radius 2 is 1.68 bits per heavy atom. The number of nitrogens with one attached hydrogen (secondary N) is 2. The summed E-state index contributed by atoms with van der Waals surface area (Å²) in [6.07, 6.45) is 0.459. The molecule has 0 bridgehead atoms. The number of carboxylic acids is 1. The topological polar surface area (TPSA) is 95.5 Å². The van der Waals surface area contributed by atoms with Gasteiger partial charge in [-0.05, 0) is 55.5 Å². The van der Waals surface area contributed by atoms with Crippen molar-refractivity contribution < 1.29 is 19.5 Å². The van der Waals surface area contributed by atoms with Crippen LogP contribution in [0.2, 0.25) is 0 Å². The Bertz CT molecular complexity index is 890. The van der Waals surface area contributed by atoms with E-state index in [4.69, 9.17) is 5.11 Å². The maximum atomic E-state index is 12.9. The number of aromatic carboxylic acids is 1. The van der Waals surface area contributed by atoms with E-state index < -0.39 is 12.0 Å². The molecule has 0 spiro atoms. The fourth-order valence-corrected chi connectivity index (χ4v) is 2.88. The number of anilines is 1. The highest BCUT2D eigenvalue weighted by Gasteiger charge is 2.24. The van der Waals surface area contributed by atoms with Gasteiger partial charge in [0.15, 0.2) is 0 Å². The highest BCUT2D eigenvalue weighted by Crippen LogP contribution is 2.18. The van der Waals surface area contributed by atoms with Crippen LogP contribution in [0.15, 0.2) is 42.5 Å². The van der Waals surface area contributed by atoms with Gasteiger partial charge in [-0.1, -0.05) is 38.1 Å². The molecule has 0 aliphatic heterocycles. The molecule has 6 heteroatoms. The van der Waals surface area contributed by atoms with E-state index in [1.54, 1.807) is 25.1 Å². The van der Waals surface area contributed by atoms with Crippen molar-refractivity contribution in [3.05, 3.63) is 64.7 Å². The van der Waals surface area contributed by atoms with Gasteiger partial charge >= 0.3 is 5.97 Å². The molecule has 148 valence electrons. The predicted octanol–water partition coefficient (Wildman–Crippen LogP) is 3.78. The molecule has 0 aliphatic rings. The van der Waals surface area contributed by atoms with Crippen LogP contribution in [0.5, 0.6) is 0 Å². The number of rotatable bonds is 7. The van der Waals surface area contributed by atoms with Crippen LogP contribution >= 0.6 is 0 Å². The first kappa shape index (κ1) is 21.2. The number of carbonyl (C=O) groups excluding carboxylic acids is 2. The minimum atomic E-state index is -1.07. The number of carboxylic acid groups (broad SMARTS) is 1. The number of hydrogen-bond acceptors (Lipinski definition) is 3. The van der Waals surface area contributed by atoms with Crippen molar-refractivity contribution >= 4 is 23.5 Å². The molecule has 0 saturated carbocycles. The van der Waals surface area contributed by atoms with Crippen LogP contribution in [0.25, 0.3) is 0 Å². The largest absolute Gasteiger partial charge is 0.478 e. The highest BCUT2D eigenvalue weighted by atomic mass is 16.4. The summed E-state index contributed by atoms with van der Waals surface area (Å²) < 4.78 is 0. The van der Waals surface area contributed by atoms with Gasteiger partial charge in [0, 0.05) is 11.3 Å². The summed E-state index contributed by atoms with van der Waals surface area (Å²) >= 11 is 0. The zero-order chi connectivity index (χ0) is 20.8. The monoisotopic (exact) mass is 382 g/mol. The van der Waals surface area contributed by atoms with Gasteiger partial charge in [-0.2, -0.15) is 0 Å². The fraction of sp³-hybridized carbons (Fsp3) is 0.318. The van der Waals surface area contributed by atoms with Crippen LogP contribution in [0.1, 0.15) is 52.1 Å². The van der Waals surface area contributed by atoms with Gasteiger partial charge < -0.3 is 15.7 Å². The number of hydrogen-bond donors (Lipinski definition) is 3. The third-order valence-electron chi connectivity index (χ3n) is 4.46. The standard InChI is InChI=1S/C22H26N2O4/c1-13(2)11-19(24-20(25)17-8-6-5-7-14(17)3)21(26)23-18-12-16(22(27)28)10-9-15(18)4/h5-10,12-13,19H,11H2,1-4H3,(H,23,26)(H,24,25)(H,27,28). The molecule has 28 heavy (non-hydrogen) atoms. The van der Waals surface area contributed by atoms with Crippen molar-refractivity contribution in [1.82, 2.24) is 5.32 Å². The Kier molecular flexibility index (Phi) is 6.93. The summed E-state index contributed by atoms with van der Waals surface area (Å²) in [6.45, 7) is 7.56. The van der Waals surface area contributed by atoms with Crippen LogP contribution in [-0.2, 0) is 4.79 Å². The van der Waals surface area contributed by atoms with Gasteiger partial charge in [0.05, 0.1) is 5.56 Å². The average molecular weight is 382 g/mol. The molecule has 2 amide bonds. The summed E-state index contributed by atoms with van der Waals surface area (Å²) in [7, 11) is 0. The molecule has 6 nitrogen and oxygen atoms in total. The Morgan fingerprint density at radius 1 is 1.00 bits per heavy atom. The van der Waals surface area contributed by atoms with E-state index in [9.17, 15) is 14.4 Å². The van der Waals surface area contributed by atoms with Gasteiger partial charge in [0.1, 0.15) is 6.04 Å². The minimum Gasteiger partial charge on any atom is -0.478 e. The van der Waals surface area contributed by atoms with E-state index in [1.807, 2.05) is 32.9 Å². The third kappa shape index (κ3) is 5.42. The van der Waals surface area contributed by atoms with Crippen molar-refractivity contribution in [1.29, 1.82) is 0 Å². The zero-order valence-electron chi connectivity index (χ0n) is 16.6. The van der Waals surface area contributed by atoms with Gasteiger partial charge in [-0.15, -0.1) is 0 Å². The van der Waals surface area contributed by atoms with Crippen molar-refractivity contribution in [2.24, 2.45) is 5.92 Å². The molecule has 2 aromatic rings. The molecule has 1 unspecified atom stereocenters. The Labute approximate surface area is 165 Å². The van der Waals surface area contributed by atoms with Crippen LogP contribution < -0.4 is 10.6 Å². The average Bonchev–Trinajstić information content (AvgIpc) is 2.62. The molecule has 1 atom stereocenters. The second-order valence-electron chi connectivity index (χ2n) is 7.29. The smallest absolute Gasteiger partial charge is 0.335 e. The van der Waals surface area contributed by atoms with Gasteiger partial charge in [-0.25, -0.2) is 4.79 Å². The van der Waals surface area contributed by atoms with E-state index in [-0.39, 0.29) is 23.3 Å². The molecule has 0 heterocycles. The molecule has 2 rings (SSSR count). The molecule has 0 fully saturated rings. The van der Waals surface area contributed by atoms with Crippen molar-refractivity contribution in [2.75, 3.05) is 5.32 Å². The lowest BCUT2D eigenvalue weighted by Gasteiger charge is -2.21. The maximum Gasteiger partial charge on any atom is 0.335 e. The van der Waals surface area contributed by atoms with Crippen LogP contribution in [0, 0.1) is 19.8 Å². The number of carbonyl (C=O) groups is 3. The second-order valence-corrected chi connectivity index (χ2v) is 7.29. The van der Waals surface area contributed by atoms with Crippen molar-refractivity contribution in [3.63, 3.8) is 0 Å². The van der Waals surface area contributed by atoms with Gasteiger partial charge in [-0.3, -0.25) is 9.59 Å². The molecular formula is C22H26N2O4. The molecule has 0 saturated heterocycles. The first-order valence-electron chi connectivity index (χ1n) is 9.20. The van der Waals surface area contributed by atoms with Gasteiger partial charge in [0.2, 0.25) is 5.91 Å². The molecule has 0 aromatic heterocycles. The molecular weight excluding hydrogens is 356 g/mol. The molecule has 0 radical (unpaired) electrons. The summed E-state index contributed by atoms with van der Waals surface area (Å²) in [5, 5.41) is 14.7. The van der Waals surface area contributed by atoms with Crippen molar-refractivity contribution in [2.45, 2.75) is 40.2 Å². The number of benzene rings is 2. The Morgan fingerprint density at radius 3 is 2.29 bits per heavy atom. The van der Waals surface area contributed by atoms with Gasteiger partial charge in [0.25, 0.3) is 5.91 Å². The highest BCUT2D eigenvalue weighted by molar-refractivity contribution is 6.02. The fourth-order valence-electron chi connectivity index (χ4n) is 2.88. The number of aryl methyl sites for hydroxylation is 2. The summed E-state index contributed by atoms with van der Waals surface area (Å²) in [5.74, 6) is -1.57. The van der Waals surface area contributed by atoms with E-state index >= 15 is 0 Å². The zero-order valence-corrected chi connectivity index (χ0v) is 16.6. The SMILES string of the molecule is Cc1ccc(C(=O)O)cc1NC(=O)C(CC(C)C)NC(=O)c1ccccc1C. The minimum absolute atomic E-state index is 0.0882. The number of amides is 2. The molecule has 3 N–H and O–H groups in total. The molecule has 2 aromatic carbocycles. The lowest BCUT2D eigenvalue weighted by atomic mass is 10.0. The maximum absolute atomic E-state index is 12.9.